The van der Waals surface area contributed by atoms with Crippen LogP contribution in [0.4, 0.5) is 10.2 Å². The predicted molar refractivity (Wildman–Crippen MR) is 92.3 cm³/mol. The van der Waals surface area contributed by atoms with E-state index in [9.17, 15) is 14.0 Å². The summed E-state index contributed by atoms with van der Waals surface area (Å²) in [6.07, 6.45) is -0.242. The van der Waals surface area contributed by atoms with Gasteiger partial charge in [0.15, 0.2) is 0 Å². The Morgan fingerprint density at radius 3 is 2.73 bits per heavy atom. The van der Waals surface area contributed by atoms with Crippen molar-refractivity contribution < 1.29 is 18.7 Å². The number of aromatic nitrogens is 2. The summed E-state index contributed by atoms with van der Waals surface area (Å²) >= 11 is 0. The first-order valence-electron chi connectivity index (χ1n) is 8.07. The number of nitrogens with two attached hydrogens (primary N) is 1. The highest BCUT2D eigenvalue weighted by Gasteiger charge is 2.20. The second-order valence-corrected chi connectivity index (χ2v) is 5.76. The first-order valence-corrected chi connectivity index (χ1v) is 8.07. The zero-order chi connectivity index (χ0) is 18.7. The molecule has 2 aromatic rings. The summed E-state index contributed by atoms with van der Waals surface area (Å²) in [7, 11) is 1.37. The number of halogens is 1. The maximum atomic E-state index is 13.5. The molecule has 0 atom stereocenters. The molecule has 0 aliphatic carbocycles. The number of nitrogens with zero attached hydrogens (tertiary/aromatic N) is 3. The first kappa shape index (κ1) is 17.9. The summed E-state index contributed by atoms with van der Waals surface area (Å²) in [5, 5.41) is 0. The molecule has 2 heterocycles. The van der Waals surface area contributed by atoms with Gasteiger partial charge in [-0.2, -0.15) is 0 Å². The molecule has 0 radical (unpaired) electrons. The van der Waals surface area contributed by atoms with Gasteiger partial charge in [0, 0.05) is 25.2 Å². The average molecular weight is 362 g/mol. The number of hydrogen-bond donors (Lipinski definition) is 1. The fraction of sp³-hybridized carbons (Fsp3) is 0.353. The third kappa shape index (κ3) is 3.67. The minimum absolute atomic E-state index is 0.152. The number of hydrogen-bond acceptors (Lipinski definition) is 6. The van der Waals surface area contributed by atoms with Gasteiger partial charge in [0.25, 0.3) is 5.56 Å². The van der Waals surface area contributed by atoms with E-state index in [-0.39, 0.29) is 23.7 Å². The van der Waals surface area contributed by atoms with Crippen LogP contribution in [-0.2, 0) is 16.0 Å². The highest BCUT2D eigenvalue weighted by molar-refractivity contribution is 5.76. The van der Waals surface area contributed by atoms with Crippen LogP contribution in [0.15, 0.2) is 29.1 Å². The zero-order valence-corrected chi connectivity index (χ0v) is 14.3. The molecule has 0 saturated carbocycles. The quantitative estimate of drug-likeness (QED) is 0.818. The van der Waals surface area contributed by atoms with Crippen LogP contribution in [0.25, 0.3) is 5.69 Å². The van der Waals surface area contributed by atoms with Crippen LogP contribution in [0, 0.1) is 5.82 Å². The molecule has 9 heteroatoms. The van der Waals surface area contributed by atoms with Gasteiger partial charge in [-0.15, -0.1) is 0 Å². The second kappa shape index (κ2) is 7.52. The maximum absolute atomic E-state index is 13.5. The van der Waals surface area contributed by atoms with E-state index in [2.05, 4.69) is 4.98 Å². The number of anilines is 1. The Morgan fingerprint density at radius 2 is 2.08 bits per heavy atom. The van der Waals surface area contributed by atoms with E-state index >= 15 is 0 Å². The lowest BCUT2D eigenvalue weighted by atomic mass is 10.2. The minimum atomic E-state index is -0.633. The Labute approximate surface area is 149 Å². The third-order valence-electron chi connectivity index (χ3n) is 4.02. The van der Waals surface area contributed by atoms with Crippen LogP contribution >= 0.6 is 0 Å². The molecular formula is C17H19FN4O4. The van der Waals surface area contributed by atoms with Crippen LogP contribution in [-0.4, -0.2) is 48.9 Å². The third-order valence-corrected chi connectivity index (χ3v) is 4.02. The molecule has 1 saturated heterocycles. The van der Waals surface area contributed by atoms with Crippen molar-refractivity contribution >= 4 is 11.7 Å². The molecule has 2 N–H and O–H groups in total. The summed E-state index contributed by atoms with van der Waals surface area (Å²) in [6, 6.07) is 5.13. The predicted octanol–water partition coefficient (Wildman–Crippen LogP) is 0.245. The number of amides is 1. The van der Waals surface area contributed by atoms with E-state index < -0.39 is 17.3 Å². The van der Waals surface area contributed by atoms with Gasteiger partial charge >= 0.3 is 0 Å². The Kier molecular flexibility index (Phi) is 5.17. The second-order valence-electron chi connectivity index (χ2n) is 5.76. The van der Waals surface area contributed by atoms with Gasteiger partial charge in [0.1, 0.15) is 23.2 Å². The molecular weight excluding hydrogens is 343 g/mol. The molecule has 1 aromatic carbocycles. The summed E-state index contributed by atoms with van der Waals surface area (Å²) in [5.74, 6) is -0.374. The standard InChI is InChI=1S/C17H19FN4O4/c1-25-13-8-11(18)2-3-12(13)22-16(9-14(19)23)20-15(10-17(22)24)21-4-6-26-7-5-21/h2-3,8,10H,4-7,9H2,1H3,(H2,19,23). The van der Waals surface area contributed by atoms with E-state index in [4.69, 9.17) is 15.2 Å². The number of ether oxygens (including phenoxy) is 2. The summed E-state index contributed by atoms with van der Waals surface area (Å²) < 4.78 is 25.2. The van der Waals surface area contributed by atoms with Gasteiger partial charge in [-0.05, 0) is 12.1 Å². The fourth-order valence-electron chi connectivity index (χ4n) is 2.84. The van der Waals surface area contributed by atoms with Crippen LogP contribution in [0.2, 0.25) is 0 Å². The summed E-state index contributed by atoms with van der Waals surface area (Å²) in [5.41, 5.74) is 5.20. The van der Waals surface area contributed by atoms with Crippen molar-refractivity contribution in [3.63, 3.8) is 0 Å². The van der Waals surface area contributed by atoms with Crippen molar-refractivity contribution in [3.8, 4) is 11.4 Å². The van der Waals surface area contributed by atoms with Crippen molar-refractivity contribution in [2.75, 3.05) is 38.3 Å². The lowest BCUT2D eigenvalue weighted by molar-refractivity contribution is -0.117. The normalized spacial score (nSPS) is 14.3. The van der Waals surface area contributed by atoms with Crippen molar-refractivity contribution in [2.45, 2.75) is 6.42 Å². The van der Waals surface area contributed by atoms with Crippen molar-refractivity contribution in [1.29, 1.82) is 0 Å². The van der Waals surface area contributed by atoms with Crippen molar-refractivity contribution in [3.05, 3.63) is 46.3 Å². The van der Waals surface area contributed by atoms with Gasteiger partial charge in [-0.3, -0.25) is 14.2 Å². The molecule has 0 spiro atoms. The number of rotatable bonds is 5. The average Bonchev–Trinajstić information content (AvgIpc) is 2.62. The molecule has 138 valence electrons. The van der Waals surface area contributed by atoms with Gasteiger partial charge in [-0.25, -0.2) is 9.37 Å². The van der Waals surface area contributed by atoms with Crippen LogP contribution in [0.5, 0.6) is 5.75 Å². The van der Waals surface area contributed by atoms with E-state index in [1.54, 1.807) is 0 Å². The first-order chi connectivity index (χ1) is 12.5. The highest BCUT2D eigenvalue weighted by atomic mass is 19.1. The van der Waals surface area contributed by atoms with E-state index in [1.165, 1.54) is 29.9 Å². The zero-order valence-electron chi connectivity index (χ0n) is 14.3. The molecule has 1 fully saturated rings. The lowest BCUT2D eigenvalue weighted by Crippen LogP contribution is -2.38. The molecule has 26 heavy (non-hydrogen) atoms. The molecule has 1 aliphatic rings. The Hall–Kier alpha value is -2.94. The van der Waals surface area contributed by atoms with Gasteiger partial charge in [0.05, 0.1) is 32.4 Å². The SMILES string of the molecule is COc1cc(F)ccc1-n1c(CC(N)=O)nc(N2CCOCC2)cc1=O. The van der Waals surface area contributed by atoms with E-state index in [0.29, 0.717) is 32.1 Å². The topological polar surface area (TPSA) is 99.7 Å². The summed E-state index contributed by atoms with van der Waals surface area (Å²) in [6.45, 7) is 2.24. The number of benzene rings is 1. The number of morpholine rings is 1. The van der Waals surface area contributed by atoms with Crippen molar-refractivity contribution in [1.82, 2.24) is 9.55 Å². The number of methoxy groups -OCH3 is 1. The number of carbonyl (C=O) groups is 1. The number of primary amides is 1. The van der Waals surface area contributed by atoms with Crippen LogP contribution < -0.4 is 20.9 Å². The monoisotopic (exact) mass is 362 g/mol. The Morgan fingerprint density at radius 1 is 1.35 bits per heavy atom. The van der Waals surface area contributed by atoms with Gasteiger partial charge in [-0.1, -0.05) is 0 Å². The van der Waals surface area contributed by atoms with Gasteiger partial charge in [0.2, 0.25) is 5.91 Å². The minimum Gasteiger partial charge on any atom is -0.494 e. The molecule has 8 nitrogen and oxygen atoms in total. The smallest absolute Gasteiger partial charge is 0.260 e. The lowest BCUT2D eigenvalue weighted by Gasteiger charge is -2.28. The Balaban J connectivity index is 2.15. The van der Waals surface area contributed by atoms with E-state index in [1.807, 2.05) is 4.90 Å². The Bertz CT molecular complexity index is 878. The van der Waals surface area contributed by atoms with E-state index in [0.717, 1.165) is 6.07 Å². The molecule has 1 amide bonds. The molecule has 0 bridgehead atoms. The molecule has 0 unspecified atom stereocenters. The fourth-order valence-corrected chi connectivity index (χ4v) is 2.84. The highest BCUT2D eigenvalue weighted by Crippen LogP contribution is 2.24. The largest absolute Gasteiger partial charge is 0.494 e. The van der Waals surface area contributed by atoms with Crippen molar-refractivity contribution in [2.24, 2.45) is 5.73 Å². The van der Waals surface area contributed by atoms with Crippen LogP contribution in [0.3, 0.4) is 0 Å². The maximum Gasteiger partial charge on any atom is 0.260 e. The van der Waals surface area contributed by atoms with Crippen LogP contribution in [0.1, 0.15) is 5.82 Å². The number of carbonyl (C=O) groups excluding carboxylic acids is 1. The summed E-state index contributed by atoms with van der Waals surface area (Å²) in [4.78, 5) is 30.7. The molecule has 1 aromatic heterocycles. The molecule has 3 rings (SSSR count). The van der Waals surface area contributed by atoms with Gasteiger partial charge < -0.3 is 20.1 Å². The molecule has 1 aliphatic heterocycles.